The predicted octanol–water partition coefficient (Wildman–Crippen LogP) is -0.338. The molecule has 138 valence electrons. The summed E-state index contributed by atoms with van der Waals surface area (Å²) >= 11 is 0. The molecule has 1 saturated heterocycles. The minimum atomic E-state index is -0.349. The Morgan fingerprint density at radius 2 is 2.00 bits per heavy atom. The SMILES string of the molecule is Cn1nnnc1Cn1nc2nc(C(C)(C)C)nc(N3CC[C@@H](O)C3)c2n1. The van der Waals surface area contributed by atoms with Crippen LogP contribution in [0.3, 0.4) is 0 Å². The number of fused-ring (bicyclic) bond motifs is 1. The summed E-state index contributed by atoms with van der Waals surface area (Å²) in [7, 11) is 1.77. The number of anilines is 1. The van der Waals surface area contributed by atoms with E-state index in [-0.39, 0.29) is 11.5 Å². The third-order valence-electron chi connectivity index (χ3n) is 4.40. The molecule has 0 saturated carbocycles. The van der Waals surface area contributed by atoms with Crippen LogP contribution in [0.1, 0.15) is 38.8 Å². The van der Waals surface area contributed by atoms with Crippen LogP contribution in [0.4, 0.5) is 5.82 Å². The first kappa shape index (κ1) is 16.8. The van der Waals surface area contributed by atoms with Crippen LogP contribution < -0.4 is 4.90 Å². The molecule has 3 aromatic rings. The summed E-state index contributed by atoms with van der Waals surface area (Å²) in [6.45, 7) is 7.80. The van der Waals surface area contributed by atoms with Crippen molar-refractivity contribution in [1.82, 2.24) is 45.2 Å². The Bertz CT molecular complexity index is 940. The quantitative estimate of drug-likeness (QED) is 0.669. The number of aryl methyl sites for hydroxylation is 1. The van der Waals surface area contributed by atoms with Gasteiger partial charge < -0.3 is 10.0 Å². The highest BCUT2D eigenvalue weighted by molar-refractivity contribution is 5.82. The number of aliphatic hydroxyl groups excluding tert-OH is 1. The van der Waals surface area contributed by atoms with Gasteiger partial charge in [-0.3, -0.25) is 0 Å². The molecule has 0 radical (unpaired) electrons. The second-order valence-electron chi connectivity index (χ2n) is 7.63. The van der Waals surface area contributed by atoms with Crippen molar-refractivity contribution in [1.29, 1.82) is 0 Å². The van der Waals surface area contributed by atoms with Gasteiger partial charge >= 0.3 is 0 Å². The van der Waals surface area contributed by atoms with Crippen LogP contribution in [0.15, 0.2) is 0 Å². The Morgan fingerprint density at radius 1 is 1.19 bits per heavy atom. The van der Waals surface area contributed by atoms with Gasteiger partial charge in [0.25, 0.3) is 0 Å². The zero-order chi connectivity index (χ0) is 18.5. The normalized spacial score (nSPS) is 18.2. The Morgan fingerprint density at radius 3 is 2.62 bits per heavy atom. The van der Waals surface area contributed by atoms with Gasteiger partial charge in [0.05, 0.1) is 6.10 Å². The number of β-amino-alcohol motifs (C(OH)–C–C–N with tert-alkyl or cyclic N) is 1. The molecular formula is C15H22N10O. The summed E-state index contributed by atoms with van der Waals surface area (Å²) in [4.78, 5) is 13.0. The number of rotatable bonds is 3. The molecule has 0 amide bonds. The summed E-state index contributed by atoms with van der Waals surface area (Å²) in [5.41, 5.74) is 0.942. The van der Waals surface area contributed by atoms with Gasteiger partial charge in [-0.15, -0.1) is 15.3 Å². The van der Waals surface area contributed by atoms with E-state index < -0.39 is 0 Å². The fourth-order valence-corrected chi connectivity index (χ4v) is 2.91. The molecular weight excluding hydrogens is 336 g/mol. The van der Waals surface area contributed by atoms with Gasteiger partial charge in [0.15, 0.2) is 17.2 Å². The minimum Gasteiger partial charge on any atom is -0.391 e. The van der Waals surface area contributed by atoms with Crippen LogP contribution in [0.2, 0.25) is 0 Å². The average Bonchev–Trinajstić information content (AvgIpc) is 3.26. The van der Waals surface area contributed by atoms with Gasteiger partial charge in [-0.05, 0) is 16.8 Å². The third-order valence-corrected chi connectivity index (χ3v) is 4.40. The van der Waals surface area contributed by atoms with Crippen LogP contribution >= 0.6 is 0 Å². The van der Waals surface area contributed by atoms with Crippen LogP contribution in [0, 0.1) is 0 Å². The van der Waals surface area contributed by atoms with E-state index in [1.165, 1.54) is 4.80 Å². The van der Waals surface area contributed by atoms with E-state index in [9.17, 15) is 5.11 Å². The number of hydrogen-bond acceptors (Lipinski definition) is 9. The van der Waals surface area contributed by atoms with Crippen molar-refractivity contribution in [3.8, 4) is 0 Å². The van der Waals surface area contributed by atoms with E-state index in [4.69, 9.17) is 4.98 Å². The lowest BCUT2D eigenvalue weighted by Gasteiger charge is -2.21. The Balaban J connectivity index is 1.80. The summed E-state index contributed by atoms with van der Waals surface area (Å²) in [5.74, 6) is 2.07. The van der Waals surface area contributed by atoms with E-state index in [1.807, 2.05) is 4.90 Å². The fourth-order valence-electron chi connectivity index (χ4n) is 2.91. The van der Waals surface area contributed by atoms with Crippen molar-refractivity contribution >= 4 is 17.0 Å². The molecule has 0 bridgehead atoms. The maximum atomic E-state index is 9.92. The average molecular weight is 358 g/mol. The molecule has 3 aromatic heterocycles. The van der Waals surface area contributed by atoms with Crippen molar-refractivity contribution < 1.29 is 5.11 Å². The maximum Gasteiger partial charge on any atom is 0.207 e. The van der Waals surface area contributed by atoms with E-state index in [0.717, 1.165) is 18.8 Å². The molecule has 4 heterocycles. The predicted molar refractivity (Wildman–Crippen MR) is 92.6 cm³/mol. The number of aromatic nitrogens is 9. The highest BCUT2D eigenvalue weighted by Gasteiger charge is 2.28. The van der Waals surface area contributed by atoms with Gasteiger partial charge in [0, 0.05) is 25.6 Å². The van der Waals surface area contributed by atoms with Crippen LogP contribution in [-0.4, -0.2) is 69.5 Å². The minimum absolute atomic E-state index is 0.224. The molecule has 11 nitrogen and oxygen atoms in total. The van der Waals surface area contributed by atoms with Crippen molar-refractivity contribution in [2.24, 2.45) is 7.05 Å². The maximum absolute atomic E-state index is 9.92. The molecule has 0 unspecified atom stereocenters. The van der Waals surface area contributed by atoms with Crippen LogP contribution in [-0.2, 0) is 19.0 Å². The zero-order valence-electron chi connectivity index (χ0n) is 15.3. The lowest BCUT2D eigenvalue weighted by atomic mass is 9.96. The molecule has 0 aliphatic carbocycles. The first-order chi connectivity index (χ1) is 12.3. The molecule has 0 spiro atoms. The van der Waals surface area contributed by atoms with E-state index in [1.54, 1.807) is 11.7 Å². The molecule has 11 heteroatoms. The monoisotopic (exact) mass is 358 g/mol. The fraction of sp³-hybridized carbons (Fsp3) is 0.667. The molecule has 1 atom stereocenters. The number of aliphatic hydroxyl groups is 1. The molecule has 1 fully saturated rings. The van der Waals surface area contributed by atoms with Crippen molar-refractivity contribution in [3.05, 3.63) is 11.6 Å². The molecule has 4 rings (SSSR count). The third kappa shape index (κ3) is 2.98. The van der Waals surface area contributed by atoms with Gasteiger partial charge in [0.1, 0.15) is 12.4 Å². The topological polar surface area (TPSA) is 124 Å². The van der Waals surface area contributed by atoms with Crippen molar-refractivity contribution in [3.63, 3.8) is 0 Å². The van der Waals surface area contributed by atoms with E-state index in [2.05, 4.69) is 51.5 Å². The van der Waals surface area contributed by atoms with Crippen molar-refractivity contribution in [2.75, 3.05) is 18.0 Å². The molecule has 26 heavy (non-hydrogen) atoms. The number of tetrazole rings is 1. The summed E-state index contributed by atoms with van der Waals surface area (Å²) in [5, 5.41) is 30.4. The Labute approximate surface area is 150 Å². The Hall–Kier alpha value is -2.69. The first-order valence-electron chi connectivity index (χ1n) is 8.59. The number of hydrogen-bond donors (Lipinski definition) is 1. The van der Waals surface area contributed by atoms with Gasteiger partial charge in [-0.25, -0.2) is 14.6 Å². The summed E-state index contributed by atoms with van der Waals surface area (Å²) in [6, 6.07) is 0. The van der Waals surface area contributed by atoms with Gasteiger partial charge in [0.2, 0.25) is 5.65 Å². The standard InChI is InChI=1S/C15H22N10O/c1-15(2,3)14-16-12-11(13(17-14)24-6-5-9(26)7-24)19-25(20-12)8-10-18-21-22-23(10)4/h9,26H,5-8H2,1-4H3/t9-/m1/s1. The lowest BCUT2D eigenvalue weighted by Crippen LogP contribution is -2.25. The highest BCUT2D eigenvalue weighted by atomic mass is 16.3. The second kappa shape index (κ2) is 5.94. The van der Waals surface area contributed by atoms with Crippen molar-refractivity contribution in [2.45, 2.75) is 45.3 Å². The zero-order valence-corrected chi connectivity index (χ0v) is 15.3. The largest absolute Gasteiger partial charge is 0.391 e. The number of nitrogens with zero attached hydrogens (tertiary/aromatic N) is 10. The Kier molecular flexibility index (Phi) is 3.83. The van der Waals surface area contributed by atoms with Crippen LogP contribution in [0.25, 0.3) is 11.2 Å². The van der Waals surface area contributed by atoms with Gasteiger partial charge in [-0.2, -0.15) is 4.80 Å². The van der Waals surface area contributed by atoms with Crippen LogP contribution in [0.5, 0.6) is 0 Å². The van der Waals surface area contributed by atoms with E-state index in [0.29, 0.717) is 35.9 Å². The molecule has 0 aromatic carbocycles. The van der Waals surface area contributed by atoms with E-state index >= 15 is 0 Å². The lowest BCUT2D eigenvalue weighted by molar-refractivity contribution is 0.198. The smallest absolute Gasteiger partial charge is 0.207 e. The first-order valence-corrected chi connectivity index (χ1v) is 8.59. The summed E-state index contributed by atoms with van der Waals surface area (Å²) in [6.07, 6.45) is 0.368. The molecule has 1 aliphatic heterocycles. The highest BCUT2D eigenvalue weighted by Crippen LogP contribution is 2.28. The second-order valence-corrected chi connectivity index (χ2v) is 7.63. The summed E-state index contributed by atoms with van der Waals surface area (Å²) < 4.78 is 1.58. The molecule has 1 aliphatic rings. The van der Waals surface area contributed by atoms with Gasteiger partial charge in [-0.1, -0.05) is 20.8 Å². The molecule has 1 N–H and O–H groups in total.